The van der Waals surface area contributed by atoms with Crippen LogP contribution in [0.1, 0.15) is 26.7 Å². The molecule has 4 nitrogen and oxygen atoms in total. The van der Waals surface area contributed by atoms with Gasteiger partial charge in [0.25, 0.3) is 0 Å². The van der Waals surface area contributed by atoms with Crippen molar-refractivity contribution in [3.63, 3.8) is 0 Å². The molecule has 1 fully saturated rings. The zero-order chi connectivity index (χ0) is 11.3. The Bertz CT molecular complexity index is 201. The first kappa shape index (κ1) is 12.5. The van der Waals surface area contributed by atoms with E-state index in [0.717, 1.165) is 25.9 Å². The molecule has 15 heavy (non-hydrogen) atoms. The predicted octanol–water partition coefficient (Wildman–Crippen LogP) is 0.119. The second-order valence-corrected chi connectivity index (χ2v) is 4.71. The molecule has 1 rings (SSSR count). The highest BCUT2D eigenvalue weighted by Crippen LogP contribution is 2.09. The molecule has 1 aliphatic heterocycles. The summed E-state index contributed by atoms with van der Waals surface area (Å²) >= 11 is 0. The Morgan fingerprint density at radius 3 is 2.80 bits per heavy atom. The fourth-order valence-corrected chi connectivity index (χ4v) is 1.95. The van der Waals surface area contributed by atoms with Crippen LogP contribution >= 0.6 is 0 Å². The summed E-state index contributed by atoms with van der Waals surface area (Å²) in [5, 5.41) is 15.2. The Kier molecular flexibility index (Phi) is 5.05. The Morgan fingerprint density at radius 1 is 1.60 bits per heavy atom. The van der Waals surface area contributed by atoms with Crippen molar-refractivity contribution in [3.05, 3.63) is 0 Å². The number of carbonyl (C=O) groups excluding carboxylic acids is 1. The summed E-state index contributed by atoms with van der Waals surface area (Å²) in [4.78, 5) is 11.7. The number of amides is 1. The lowest BCUT2D eigenvalue weighted by atomic mass is 10.0. The van der Waals surface area contributed by atoms with E-state index < -0.39 is 0 Å². The second kappa shape index (κ2) is 6.08. The van der Waals surface area contributed by atoms with E-state index in [2.05, 4.69) is 24.5 Å². The van der Waals surface area contributed by atoms with E-state index >= 15 is 0 Å². The Balaban J connectivity index is 2.33. The number of nitrogens with one attached hydrogen (secondary N) is 2. The third kappa shape index (κ3) is 4.18. The van der Waals surface area contributed by atoms with Crippen molar-refractivity contribution >= 4 is 5.91 Å². The molecular formula is C11H22N2O2. The quantitative estimate of drug-likeness (QED) is 0.609. The van der Waals surface area contributed by atoms with Crippen LogP contribution in [0.4, 0.5) is 0 Å². The first-order chi connectivity index (χ1) is 7.13. The van der Waals surface area contributed by atoms with Gasteiger partial charge < -0.3 is 15.7 Å². The van der Waals surface area contributed by atoms with Crippen molar-refractivity contribution in [1.29, 1.82) is 0 Å². The van der Waals surface area contributed by atoms with Crippen molar-refractivity contribution in [3.8, 4) is 0 Å². The van der Waals surface area contributed by atoms with Gasteiger partial charge in [0.1, 0.15) is 0 Å². The van der Waals surface area contributed by atoms with Gasteiger partial charge in [0.2, 0.25) is 5.91 Å². The predicted molar refractivity (Wildman–Crippen MR) is 59.4 cm³/mol. The maximum atomic E-state index is 11.7. The van der Waals surface area contributed by atoms with Crippen LogP contribution in [-0.2, 0) is 4.79 Å². The van der Waals surface area contributed by atoms with Crippen LogP contribution < -0.4 is 10.6 Å². The fraction of sp³-hybridized carbons (Fsp3) is 0.909. The van der Waals surface area contributed by atoms with Gasteiger partial charge in [0, 0.05) is 6.54 Å². The molecule has 4 heteroatoms. The Morgan fingerprint density at radius 2 is 2.33 bits per heavy atom. The van der Waals surface area contributed by atoms with Crippen LogP contribution in [0.15, 0.2) is 0 Å². The molecular weight excluding hydrogens is 192 g/mol. The third-order valence-corrected chi connectivity index (χ3v) is 2.75. The van der Waals surface area contributed by atoms with Gasteiger partial charge in [0.05, 0.1) is 18.6 Å². The van der Waals surface area contributed by atoms with Crippen LogP contribution in [0.2, 0.25) is 0 Å². The molecule has 0 aromatic carbocycles. The topological polar surface area (TPSA) is 61.4 Å². The molecule has 88 valence electrons. The largest absolute Gasteiger partial charge is 0.394 e. The van der Waals surface area contributed by atoms with E-state index in [1.807, 2.05) is 0 Å². The lowest BCUT2D eigenvalue weighted by Crippen LogP contribution is -2.42. The summed E-state index contributed by atoms with van der Waals surface area (Å²) in [5.74, 6) is 0.662. The van der Waals surface area contributed by atoms with E-state index in [0.29, 0.717) is 5.92 Å². The van der Waals surface area contributed by atoms with Gasteiger partial charge >= 0.3 is 0 Å². The van der Waals surface area contributed by atoms with Crippen molar-refractivity contribution in [1.82, 2.24) is 10.6 Å². The molecule has 1 amide bonds. The summed E-state index contributed by atoms with van der Waals surface area (Å²) in [7, 11) is 0. The first-order valence-corrected chi connectivity index (χ1v) is 5.75. The minimum Gasteiger partial charge on any atom is -0.394 e. The Hall–Kier alpha value is -0.610. The van der Waals surface area contributed by atoms with Crippen LogP contribution in [0, 0.1) is 11.8 Å². The molecule has 0 aromatic heterocycles. The van der Waals surface area contributed by atoms with Crippen LogP contribution in [0.3, 0.4) is 0 Å². The van der Waals surface area contributed by atoms with Gasteiger partial charge in [0.15, 0.2) is 0 Å². The highest BCUT2D eigenvalue weighted by Gasteiger charge is 2.24. The molecule has 0 bridgehead atoms. The summed E-state index contributed by atoms with van der Waals surface area (Å²) in [5.41, 5.74) is 0. The first-order valence-electron chi connectivity index (χ1n) is 5.75. The van der Waals surface area contributed by atoms with E-state index in [9.17, 15) is 4.79 Å². The minimum atomic E-state index is -0.0851. The monoisotopic (exact) mass is 214 g/mol. The fourth-order valence-electron chi connectivity index (χ4n) is 1.95. The number of carbonyl (C=O) groups is 1. The normalized spacial score (nSPS) is 23.1. The maximum Gasteiger partial charge on any atom is 0.224 e. The summed E-state index contributed by atoms with van der Waals surface area (Å²) in [6.45, 7) is 5.90. The zero-order valence-corrected chi connectivity index (χ0v) is 9.62. The molecule has 0 radical (unpaired) electrons. The van der Waals surface area contributed by atoms with Crippen molar-refractivity contribution < 1.29 is 9.90 Å². The number of aliphatic hydroxyl groups is 1. The lowest BCUT2D eigenvalue weighted by Gasteiger charge is -2.20. The summed E-state index contributed by atoms with van der Waals surface area (Å²) < 4.78 is 0. The Labute approximate surface area is 91.4 Å². The van der Waals surface area contributed by atoms with E-state index in [1.54, 1.807) is 0 Å². The van der Waals surface area contributed by atoms with Crippen LogP contribution in [0.5, 0.6) is 0 Å². The molecule has 0 spiro atoms. The zero-order valence-electron chi connectivity index (χ0n) is 9.62. The molecule has 2 atom stereocenters. The highest BCUT2D eigenvalue weighted by atomic mass is 16.3. The molecule has 2 unspecified atom stereocenters. The van der Waals surface area contributed by atoms with E-state index in [-0.39, 0.29) is 24.5 Å². The van der Waals surface area contributed by atoms with Crippen LogP contribution in [0.25, 0.3) is 0 Å². The third-order valence-electron chi connectivity index (χ3n) is 2.75. The molecule has 0 saturated carbocycles. The smallest absolute Gasteiger partial charge is 0.224 e. The summed E-state index contributed by atoms with van der Waals surface area (Å²) in [6, 6.07) is -0.0851. The standard InChI is InChI=1S/C11H22N2O2/c1-8(2)5-10(7-14)13-11(15)9-3-4-12-6-9/h8-10,12,14H,3-7H2,1-2H3,(H,13,15). The molecule has 0 aliphatic carbocycles. The molecule has 1 heterocycles. The number of hydrogen-bond acceptors (Lipinski definition) is 3. The average molecular weight is 214 g/mol. The van der Waals surface area contributed by atoms with Gasteiger partial charge in [-0.05, 0) is 25.3 Å². The second-order valence-electron chi connectivity index (χ2n) is 4.71. The SMILES string of the molecule is CC(C)CC(CO)NC(=O)C1CCNC1. The summed E-state index contributed by atoms with van der Waals surface area (Å²) in [6.07, 6.45) is 1.74. The average Bonchev–Trinajstić information content (AvgIpc) is 2.68. The van der Waals surface area contributed by atoms with E-state index in [1.165, 1.54) is 0 Å². The minimum absolute atomic E-state index is 0.0318. The number of hydrogen-bond donors (Lipinski definition) is 3. The molecule has 1 saturated heterocycles. The van der Waals surface area contributed by atoms with Gasteiger partial charge in [-0.15, -0.1) is 0 Å². The van der Waals surface area contributed by atoms with Crippen molar-refractivity contribution in [2.45, 2.75) is 32.7 Å². The van der Waals surface area contributed by atoms with Gasteiger partial charge in [-0.25, -0.2) is 0 Å². The van der Waals surface area contributed by atoms with Crippen molar-refractivity contribution in [2.75, 3.05) is 19.7 Å². The highest BCUT2D eigenvalue weighted by molar-refractivity contribution is 5.79. The van der Waals surface area contributed by atoms with Gasteiger partial charge in [-0.2, -0.15) is 0 Å². The van der Waals surface area contributed by atoms with Gasteiger partial charge in [-0.3, -0.25) is 4.79 Å². The number of aliphatic hydroxyl groups excluding tert-OH is 1. The maximum absolute atomic E-state index is 11.7. The lowest BCUT2D eigenvalue weighted by molar-refractivity contribution is -0.125. The molecule has 1 aliphatic rings. The van der Waals surface area contributed by atoms with Gasteiger partial charge in [-0.1, -0.05) is 13.8 Å². The molecule has 0 aromatic rings. The number of rotatable bonds is 5. The van der Waals surface area contributed by atoms with Crippen LogP contribution in [-0.4, -0.2) is 36.8 Å². The van der Waals surface area contributed by atoms with E-state index in [4.69, 9.17) is 5.11 Å². The van der Waals surface area contributed by atoms with Crippen molar-refractivity contribution in [2.24, 2.45) is 11.8 Å². The molecule has 3 N–H and O–H groups in total.